The lowest BCUT2D eigenvalue weighted by atomic mass is 10.2. The van der Waals surface area contributed by atoms with Crippen molar-refractivity contribution < 1.29 is 9.59 Å². The Bertz CT molecular complexity index is 785. The Morgan fingerprint density at radius 1 is 1.04 bits per heavy atom. The van der Waals surface area contributed by atoms with Crippen LogP contribution < -0.4 is 10.6 Å². The zero-order valence-corrected chi connectivity index (χ0v) is 14.9. The summed E-state index contributed by atoms with van der Waals surface area (Å²) in [6.07, 6.45) is 6.00. The molecule has 1 aliphatic rings. The second-order valence-electron chi connectivity index (χ2n) is 6.36. The van der Waals surface area contributed by atoms with Crippen LogP contribution in [0.25, 0.3) is 0 Å². The van der Waals surface area contributed by atoms with E-state index in [1.54, 1.807) is 24.4 Å². The Labute approximate surface area is 152 Å². The van der Waals surface area contributed by atoms with Gasteiger partial charge in [-0.05, 0) is 37.1 Å². The Morgan fingerprint density at radius 3 is 2.50 bits per heavy atom. The summed E-state index contributed by atoms with van der Waals surface area (Å²) >= 11 is 0. The van der Waals surface area contributed by atoms with Crippen molar-refractivity contribution >= 4 is 29.1 Å². The van der Waals surface area contributed by atoms with Gasteiger partial charge >= 0.3 is 0 Å². The molecule has 7 nitrogen and oxygen atoms in total. The van der Waals surface area contributed by atoms with Gasteiger partial charge in [0, 0.05) is 37.6 Å². The van der Waals surface area contributed by atoms with Crippen molar-refractivity contribution in [1.29, 1.82) is 0 Å². The number of benzene rings is 1. The molecular weight excluding hydrogens is 330 g/mol. The molecule has 1 aromatic heterocycles. The van der Waals surface area contributed by atoms with Gasteiger partial charge in [-0.3, -0.25) is 9.59 Å². The third kappa shape index (κ3) is 4.78. The molecule has 3 rings (SSSR count). The van der Waals surface area contributed by atoms with E-state index in [0.29, 0.717) is 17.3 Å². The molecule has 136 valence electrons. The molecule has 0 radical (unpaired) electrons. The number of hydrogen-bond acceptors (Lipinski definition) is 5. The van der Waals surface area contributed by atoms with E-state index >= 15 is 0 Å². The standard InChI is InChI=1S/C19H23N5O2/c1-14(25)21-15-7-6-8-16(13-15)22-19-20-10-9-17(23-19)18(26)24-11-4-2-3-5-12-24/h6-10,13H,2-5,11-12H2,1H3,(H,21,25)(H,20,22,23). The van der Waals surface area contributed by atoms with E-state index in [1.807, 2.05) is 17.0 Å². The third-order valence-electron chi connectivity index (χ3n) is 4.21. The van der Waals surface area contributed by atoms with E-state index in [0.717, 1.165) is 31.6 Å². The van der Waals surface area contributed by atoms with Crippen LogP contribution in [0.2, 0.25) is 0 Å². The van der Waals surface area contributed by atoms with Crippen LogP contribution in [0.1, 0.15) is 43.1 Å². The van der Waals surface area contributed by atoms with Crippen molar-refractivity contribution in [3.8, 4) is 0 Å². The summed E-state index contributed by atoms with van der Waals surface area (Å²) in [6.45, 7) is 3.02. The fraction of sp³-hybridized carbons (Fsp3) is 0.368. The minimum absolute atomic E-state index is 0.0515. The zero-order chi connectivity index (χ0) is 18.4. The SMILES string of the molecule is CC(=O)Nc1cccc(Nc2nccc(C(=O)N3CCCCCC3)n2)c1. The molecule has 0 aliphatic carbocycles. The predicted octanol–water partition coefficient (Wildman–Crippen LogP) is 3.19. The minimum atomic E-state index is -0.136. The first-order valence-electron chi connectivity index (χ1n) is 8.89. The topological polar surface area (TPSA) is 87.2 Å². The number of rotatable bonds is 4. The van der Waals surface area contributed by atoms with Gasteiger partial charge in [0.2, 0.25) is 11.9 Å². The van der Waals surface area contributed by atoms with Gasteiger partial charge < -0.3 is 15.5 Å². The average molecular weight is 353 g/mol. The highest BCUT2D eigenvalue weighted by Crippen LogP contribution is 2.19. The highest BCUT2D eigenvalue weighted by Gasteiger charge is 2.19. The summed E-state index contributed by atoms with van der Waals surface area (Å²) in [5.74, 6) is 0.165. The van der Waals surface area contributed by atoms with Gasteiger partial charge in [0.25, 0.3) is 5.91 Å². The lowest BCUT2D eigenvalue weighted by molar-refractivity contribution is -0.114. The molecule has 0 bridgehead atoms. The fourth-order valence-corrected chi connectivity index (χ4v) is 2.98. The van der Waals surface area contributed by atoms with Gasteiger partial charge in [0.15, 0.2) is 0 Å². The van der Waals surface area contributed by atoms with E-state index in [1.165, 1.54) is 19.8 Å². The summed E-state index contributed by atoms with van der Waals surface area (Å²) in [7, 11) is 0. The monoisotopic (exact) mass is 353 g/mol. The maximum Gasteiger partial charge on any atom is 0.272 e. The number of hydrogen-bond donors (Lipinski definition) is 2. The van der Waals surface area contributed by atoms with Gasteiger partial charge in [0.1, 0.15) is 5.69 Å². The Morgan fingerprint density at radius 2 is 1.77 bits per heavy atom. The number of carbonyl (C=O) groups is 2. The van der Waals surface area contributed by atoms with Gasteiger partial charge in [-0.25, -0.2) is 9.97 Å². The maximum atomic E-state index is 12.7. The molecular formula is C19H23N5O2. The lowest BCUT2D eigenvalue weighted by Gasteiger charge is -2.19. The van der Waals surface area contributed by atoms with Crippen molar-refractivity contribution in [2.45, 2.75) is 32.6 Å². The molecule has 2 heterocycles. The van der Waals surface area contributed by atoms with Gasteiger partial charge in [-0.1, -0.05) is 18.9 Å². The van der Waals surface area contributed by atoms with Crippen LogP contribution in [0.4, 0.5) is 17.3 Å². The first kappa shape index (κ1) is 17.8. The van der Waals surface area contributed by atoms with Crippen LogP contribution in [0, 0.1) is 0 Å². The predicted molar refractivity (Wildman–Crippen MR) is 100 cm³/mol. The van der Waals surface area contributed by atoms with Crippen LogP contribution in [-0.4, -0.2) is 39.8 Å². The normalized spacial score (nSPS) is 14.4. The molecule has 1 fully saturated rings. The summed E-state index contributed by atoms with van der Waals surface area (Å²) in [5.41, 5.74) is 1.80. The summed E-state index contributed by atoms with van der Waals surface area (Å²) in [6, 6.07) is 8.89. The highest BCUT2D eigenvalue weighted by atomic mass is 16.2. The number of nitrogens with one attached hydrogen (secondary N) is 2. The van der Waals surface area contributed by atoms with E-state index in [-0.39, 0.29) is 11.8 Å². The number of aromatic nitrogens is 2. The number of likely N-dealkylation sites (tertiary alicyclic amines) is 1. The van der Waals surface area contributed by atoms with Gasteiger partial charge in [0.05, 0.1) is 0 Å². The molecule has 0 saturated carbocycles. The number of carbonyl (C=O) groups excluding carboxylic acids is 2. The Balaban J connectivity index is 1.73. The fourth-order valence-electron chi connectivity index (χ4n) is 2.98. The van der Waals surface area contributed by atoms with E-state index in [2.05, 4.69) is 20.6 Å². The van der Waals surface area contributed by atoms with Crippen molar-refractivity contribution in [3.63, 3.8) is 0 Å². The molecule has 0 spiro atoms. The summed E-state index contributed by atoms with van der Waals surface area (Å²) < 4.78 is 0. The van der Waals surface area contributed by atoms with Crippen molar-refractivity contribution in [2.75, 3.05) is 23.7 Å². The van der Waals surface area contributed by atoms with Crippen molar-refractivity contribution in [3.05, 3.63) is 42.2 Å². The average Bonchev–Trinajstić information content (AvgIpc) is 2.90. The van der Waals surface area contributed by atoms with Gasteiger partial charge in [-0.15, -0.1) is 0 Å². The molecule has 7 heteroatoms. The van der Waals surface area contributed by atoms with Gasteiger partial charge in [-0.2, -0.15) is 0 Å². The van der Waals surface area contributed by atoms with Crippen LogP contribution >= 0.6 is 0 Å². The van der Waals surface area contributed by atoms with E-state index < -0.39 is 0 Å². The lowest BCUT2D eigenvalue weighted by Crippen LogP contribution is -2.32. The summed E-state index contributed by atoms with van der Waals surface area (Å²) in [5, 5.41) is 5.81. The Hall–Kier alpha value is -2.96. The smallest absolute Gasteiger partial charge is 0.272 e. The molecule has 1 aliphatic heterocycles. The van der Waals surface area contributed by atoms with Crippen molar-refractivity contribution in [1.82, 2.24) is 14.9 Å². The molecule has 1 aromatic carbocycles. The number of nitrogens with zero attached hydrogens (tertiary/aromatic N) is 3. The van der Waals surface area contributed by atoms with Crippen LogP contribution in [0.3, 0.4) is 0 Å². The Kier molecular flexibility index (Phi) is 5.78. The molecule has 2 aromatic rings. The van der Waals surface area contributed by atoms with Crippen LogP contribution in [0.5, 0.6) is 0 Å². The number of anilines is 3. The van der Waals surface area contributed by atoms with Crippen LogP contribution in [0.15, 0.2) is 36.5 Å². The second kappa shape index (κ2) is 8.42. The van der Waals surface area contributed by atoms with E-state index in [4.69, 9.17) is 0 Å². The van der Waals surface area contributed by atoms with Crippen molar-refractivity contribution in [2.24, 2.45) is 0 Å². The minimum Gasteiger partial charge on any atom is -0.337 e. The van der Waals surface area contributed by atoms with Crippen LogP contribution in [-0.2, 0) is 4.79 Å². The molecule has 2 N–H and O–H groups in total. The molecule has 2 amide bonds. The summed E-state index contributed by atoms with van der Waals surface area (Å²) in [4.78, 5) is 34.3. The largest absolute Gasteiger partial charge is 0.337 e. The highest BCUT2D eigenvalue weighted by molar-refractivity contribution is 5.92. The van der Waals surface area contributed by atoms with E-state index in [9.17, 15) is 9.59 Å². The molecule has 26 heavy (non-hydrogen) atoms. The zero-order valence-electron chi connectivity index (χ0n) is 14.9. The maximum absolute atomic E-state index is 12.7. The number of amides is 2. The second-order valence-corrected chi connectivity index (χ2v) is 6.36. The molecule has 1 saturated heterocycles. The molecule has 0 atom stereocenters. The quantitative estimate of drug-likeness (QED) is 0.881. The third-order valence-corrected chi connectivity index (χ3v) is 4.21. The first-order valence-corrected chi connectivity index (χ1v) is 8.89. The molecule has 0 unspecified atom stereocenters. The first-order chi connectivity index (χ1) is 12.6.